The molecule has 0 fully saturated rings. The van der Waals surface area contributed by atoms with E-state index in [1.807, 2.05) is 0 Å². The minimum Gasteiger partial charge on any atom is -0.355 e. The van der Waals surface area contributed by atoms with Crippen molar-refractivity contribution in [2.24, 2.45) is 0 Å². The first-order valence-electron chi connectivity index (χ1n) is 15.4. The van der Waals surface area contributed by atoms with E-state index in [9.17, 15) is 9.59 Å². The van der Waals surface area contributed by atoms with Crippen molar-refractivity contribution in [1.29, 1.82) is 0 Å². The van der Waals surface area contributed by atoms with Crippen molar-refractivity contribution in [3.63, 3.8) is 0 Å². The van der Waals surface area contributed by atoms with Crippen molar-refractivity contribution < 1.29 is 9.59 Å². The second kappa shape index (κ2) is 30.1. The Morgan fingerprint density at radius 3 is 1.24 bits per heavy atom. The number of hydrogen-bond acceptors (Lipinski definition) is 5. The number of unbranched alkanes of at least 4 members (excludes halogenated alkanes) is 15. The van der Waals surface area contributed by atoms with E-state index in [1.165, 1.54) is 96.3 Å². The van der Waals surface area contributed by atoms with Gasteiger partial charge in [0.25, 0.3) is 0 Å². The van der Waals surface area contributed by atoms with Crippen molar-refractivity contribution in [2.45, 2.75) is 122 Å². The summed E-state index contributed by atoms with van der Waals surface area (Å²) >= 11 is 3.49. The highest BCUT2D eigenvalue weighted by Gasteiger charge is 2.11. The second-order valence-corrected chi connectivity index (χ2v) is 12.3. The lowest BCUT2D eigenvalue weighted by molar-refractivity contribution is -0.121. The molecule has 0 spiro atoms. The summed E-state index contributed by atoms with van der Waals surface area (Å²) in [6.45, 7) is 6.21. The number of hydrogen-bond donors (Lipinski definition) is 2. The molecule has 0 aromatic carbocycles. The average Bonchev–Trinajstić information content (AvgIpc) is 2.89. The highest BCUT2D eigenvalue weighted by molar-refractivity contribution is 7.98. The lowest BCUT2D eigenvalue weighted by Gasteiger charge is -2.22. The maximum absolute atomic E-state index is 12.1. The maximum Gasteiger partial charge on any atom is 0.221 e. The van der Waals surface area contributed by atoms with Gasteiger partial charge in [-0.1, -0.05) is 103 Å². The van der Waals surface area contributed by atoms with E-state index in [-0.39, 0.29) is 11.8 Å². The number of rotatable bonds is 29. The summed E-state index contributed by atoms with van der Waals surface area (Å²) < 4.78 is 0. The number of nitrogens with zero attached hydrogens (tertiary/aromatic N) is 1. The zero-order valence-corrected chi connectivity index (χ0v) is 26.4. The van der Waals surface area contributed by atoms with Gasteiger partial charge in [0.2, 0.25) is 11.8 Å². The van der Waals surface area contributed by atoms with Gasteiger partial charge in [-0.25, -0.2) is 0 Å². The molecule has 0 aliphatic heterocycles. The Morgan fingerprint density at radius 2 is 0.892 bits per heavy atom. The Kier molecular flexibility index (Phi) is 29.8. The SMILES string of the molecule is CCCCCCCCCCCCCCCCCCN(CCC(=O)NCCSC)CCC(=O)NCCSC. The third-order valence-corrected chi connectivity index (χ3v) is 8.12. The van der Waals surface area contributed by atoms with Crippen molar-refractivity contribution in [2.75, 3.05) is 56.7 Å². The summed E-state index contributed by atoms with van der Waals surface area (Å²) in [4.78, 5) is 26.6. The fraction of sp³-hybridized carbons (Fsp3) is 0.933. The van der Waals surface area contributed by atoms with Gasteiger partial charge in [-0.15, -0.1) is 0 Å². The quantitative estimate of drug-likeness (QED) is 0.0943. The number of amides is 2. The standard InChI is InChI=1S/C30H61N3O2S2/c1-4-5-6-7-8-9-10-11-12-13-14-15-16-17-18-19-24-33(25-20-29(34)31-22-27-36-2)26-21-30(35)32-23-28-37-3/h4-28H2,1-3H3,(H,31,34)(H,32,35). The fourth-order valence-electron chi connectivity index (χ4n) is 4.50. The van der Waals surface area contributed by atoms with Gasteiger partial charge in [0, 0.05) is 50.5 Å². The molecule has 2 N–H and O–H groups in total. The zero-order valence-electron chi connectivity index (χ0n) is 24.8. The predicted molar refractivity (Wildman–Crippen MR) is 168 cm³/mol. The molecule has 0 atom stereocenters. The molecule has 220 valence electrons. The lowest BCUT2D eigenvalue weighted by Crippen LogP contribution is -2.35. The molecule has 0 aliphatic rings. The molecule has 0 aromatic rings. The molecule has 0 heterocycles. The number of carbonyl (C=O) groups excluding carboxylic acids is 2. The Bertz CT molecular complexity index is 483. The maximum atomic E-state index is 12.1. The van der Waals surface area contributed by atoms with Gasteiger partial charge in [0.15, 0.2) is 0 Å². The molecule has 5 nitrogen and oxygen atoms in total. The fourth-order valence-corrected chi connectivity index (χ4v) is 5.11. The van der Waals surface area contributed by atoms with Crippen LogP contribution in [0.3, 0.4) is 0 Å². The molecule has 37 heavy (non-hydrogen) atoms. The Labute approximate surface area is 239 Å². The van der Waals surface area contributed by atoms with Crippen molar-refractivity contribution in [3.05, 3.63) is 0 Å². The van der Waals surface area contributed by atoms with E-state index in [4.69, 9.17) is 0 Å². The van der Waals surface area contributed by atoms with Crippen molar-refractivity contribution in [3.8, 4) is 0 Å². The van der Waals surface area contributed by atoms with E-state index in [1.54, 1.807) is 23.5 Å². The summed E-state index contributed by atoms with van der Waals surface area (Å²) in [5.74, 6) is 2.14. The molecular formula is C30H61N3O2S2. The molecule has 0 aromatic heterocycles. The average molecular weight is 560 g/mol. The smallest absolute Gasteiger partial charge is 0.221 e. The Hall–Kier alpha value is -0.400. The number of thioether (sulfide) groups is 2. The molecular weight excluding hydrogens is 498 g/mol. The highest BCUT2D eigenvalue weighted by atomic mass is 32.2. The van der Waals surface area contributed by atoms with Crippen LogP contribution in [-0.4, -0.2) is 73.5 Å². The summed E-state index contributed by atoms with van der Waals surface area (Å²) in [6.07, 6.45) is 27.1. The van der Waals surface area contributed by atoms with Crippen LogP contribution in [0.25, 0.3) is 0 Å². The largest absolute Gasteiger partial charge is 0.355 e. The topological polar surface area (TPSA) is 61.4 Å². The van der Waals surface area contributed by atoms with Gasteiger partial charge in [-0.2, -0.15) is 23.5 Å². The van der Waals surface area contributed by atoms with E-state index in [2.05, 4.69) is 35.0 Å². The molecule has 0 saturated carbocycles. The molecule has 0 aliphatic carbocycles. The first kappa shape index (κ1) is 36.6. The van der Waals surface area contributed by atoms with Gasteiger partial charge in [0.05, 0.1) is 0 Å². The minimum atomic E-state index is 0.121. The molecule has 0 radical (unpaired) electrons. The number of carbonyl (C=O) groups is 2. The van der Waals surface area contributed by atoms with Crippen LogP contribution in [0.2, 0.25) is 0 Å². The van der Waals surface area contributed by atoms with Gasteiger partial charge in [-0.3, -0.25) is 9.59 Å². The highest BCUT2D eigenvalue weighted by Crippen LogP contribution is 2.14. The summed E-state index contributed by atoms with van der Waals surface area (Å²) in [5, 5.41) is 5.99. The van der Waals surface area contributed by atoms with Crippen LogP contribution >= 0.6 is 23.5 Å². The number of nitrogens with one attached hydrogen (secondary N) is 2. The van der Waals surface area contributed by atoms with Crippen LogP contribution < -0.4 is 10.6 Å². The van der Waals surface area contributed by atoms with Gasteiger partial charge in [0.1, 0.15) is 0 Å². The van der Waals surface area contributed by atoms with Crippen LogP contribution in [0.4, 0.5) is 0 Å². The molecule has 7 heteroatoms. The summed E-state index contributed by atoms with van der Waals surface area (Å²) in [5.41, 5.74) is 0. The monoisotopic (exact) mass is 559 g/mol. The third-order valence-electron chi connectivity index (χ3n) is 6.89. The molecule has 0 unspecified atom stereocenters. The first-order valence-corrected chi connectivity index (χ1v) is 18.2. The molecule has 0 bridgehead atoms. The lowest BCUT2D eigenvalue weighted by atomic mass is 10.0. The van der Waals surface area contributed by atoms with Crippen molar-refractivity contribution in [1.82, 2.24) is 15.5 Å². The van der Waals surface area contributed by atoms with Crippen LogP contribution in [0, 0.1) is 0 Å². The first-order chi connectivity index (χ1) is 18.1. The molecule has 0 saturated heterocycles. The Balaban J connectivity index is 3.88. The molecule has 0 rings (SSSR count). The predicted octanol–water partition coefficient (Wildman–Crippen LogP) is 7.29. The zero-order chi connectivity index (χ0) is 27.2. The van der Waals surface area contributed by atoms with E-state index >= 15 is 0 Å². The van der Waals surface area contributed by atoms with E-state index in [0.717, 1.165) is 50.7 Å². The van der Waals surface area contributed by atoms with Gasteiger partial charge in [-0.05, 0) is 25.5 Å². The minimum absolute atomic E-state index is 0.121. The van der Waals surface area contributed by atoms with Crippen LogP contribution in [0.1, 0.15) is 122 Å². The third kappa shape index (κ3) is 28.4. The Morgan fingerprint density at radius 1 is 0.541 bits per heavy atom. The summed E-state index contributed by atoms with van der Waals surface area (Å²) in [6, 6.07) is 0. The van der Waals surface area contributed by atoms with Crippen LogP contribution in [0.5, 0.6) is 0 Å². The van der Waals surface area contributed by atoms with E-state index in [0.29, 0.717) is 12.8 Å². The van der Waals surface area contributed by atoms with Gasteiger partial charge >= 0.3 is 0 Å². The van der Waals surface area contributed by atoms with Crippen LogP contribution in [0.15, 0.2) is 0 Å². The molecule has 2 amide bonds. The second-order valence-electron chi connectivity index (χ2n) is 10.3. The van der Waals surface area contributed by atoms with E-state index < -0.39 is 0 Å². The normalized spacial score (nSPS) is 11.2. The van der Waals surface area contributed by atoms with Crippen molar-refractivity contribution >= 4 is 35.3 Å². The summed E-state index contributed by atoms with van der Waals surface area (Å²) in [7, 11) is 0. The van der Waals surface area contributed by atoms with Gasteiger partial charge < -0.3 is 15.5 Å². The van der Waals surface area contributed by atoms with Crippen LogP contribution in [-0.2, 0) is 9.59 Å².